The second kappa shape index (κ2) is 5.45. The number of hydrogen-bond donors (Lipinski definition) is 2. The van der Waals surface area contributed by atoms with Crippen LogP contribution in [0.25, 0.3) is 0 Å². The number of phenolic OH excluding ortho intramolecular Hbond substituents is 1. The number of anilines is 1. The molecule has 0 saturated carbocycles. The Morgan fingerprint density at radius 2 is 2.11 bits per heavy atom. The summed E-state index contributed by atoms with van der Waals surface area (Å²) in [6, 6.07) is 5.56. The number of hydrogen-bond acceptors (Lipinski definition) is 3. The summed E-state index contributed by atoms with van der Waals surface area (Å²) in [5, 5.41) is 13.3. The molecule has 0 fully saturated rings. The molecular formula is C14H14ClFN2O. The zero-order valence-corrected chi connectivity index (χ0v) is 11.4. The van der Waals surface area contributed by atoms with Gasteiger partial charge in [-0.05, 0) is 31.5 Å². The van der Waals surface area contributed by atoms with Gasteiger partial charge in [0.25, 0.3) is 0 Å². The summed E-state index contributed by atoms with van der Waals surface area (Å²) in [6.45, 7) is 3.77. The molecule has 2 aromatic rings. The molecule has 0 spiro atoms. The van der Waals surface area contributed by atoms with Gasteiger partial charge in [0.2, 0.25) is 0 Å². The molecule has 1 heterocycles. The molecule has 0 aliphatic heterocycles. The van der Waals surface area contributed by atoms with Crippen molar-refractivity contribution < 1.29 is 9.50 Å². The van der Waals surface area contributed by atoms with E-state index in [4.69, 9.17) is 11.6 Å². The smallest absolute Gasteiger partial charge is 0.152 e. The first kappa shape index (κ1) is 13.6. The molecule has 0 saturated heterocycles. The van der Waals surface area contributed by atoms with Crippen molar-refractivity contribution in [1.82, 2.24) is 4.98 Å². The molecule has 1 aromatic heterocycles. The van der Waals surface area contributed by atoms with Gasteiger partial charge in [-0.25, -0.2) is 9.37 Å². The van der Waals surface area contributed by atoms with E-state index >= 15 is 0 Å². The Bertz CT molecular complexity index is 584. The maximum atomic E-state index is 13.0. The third kappa shape index (κ3) is 2.96. The Labute approximate surface area is 116 Å². The molecule has 0 radical (unpaired) electrons. The first-order valence-electron chi connectivity index (χ1n) is 5.85. The van der Waals surface area contributed by atoms with Crippen LogP contribution >= 0.6 is 11.6 Å². The molecule has 3 nitrogen and oxygen atoms in total. The number of nitrogens with one attached hydrogen (secondary N) is 1. The summed E-state index contributed by atoms with van der Waals surface area (Å²) in [5.41, 5.74) is 2.26. The van der Waals surface area contributed by atoms with Crippen molar-refractivity contribution in [2.24, 2.45) is 0 Å². The van der Waals surface area contributed by atoms with Crippen molar-refractivity contribution in [1.29, 1.82) is 0 Å². The van der Waals surface area contributed by atoms with E-state index in [1.165, 1.54) is 6.07 Å². The Hall–Kier alpha value is -1.81. The molecule has 0 aliphatic carbocycles. The van der Waals surface area contributed by atoms with Gasteiger partial charge < -0.3 is 10.4 Å². The second-order valence-electron chi connectivity index (χ2n) is 4.36. The number of pyridine rings is 1. The summed E-state index contributed by atoms with van der Waals surface area (Å²) in [7, 11) is 0. The van der Waals surface area contributed by atoms with E-state index in [0.29, 0.717) is 16.4 Å². The molecule has 0 aliphatic rings. The molecule has 5 heteroatoms. The van der Waals surface area contributed by atoms with Gasteiger partial charge in [-0.3, -0.25) is 0 Å². The fourth-order valence-electron chi connectivity index (χ4n) is 1.88. The van der Waals surface area contributed by atoms with Gasteiger partial charge in [-0.1, -0.05) is 17.7 Å². The predicted molar refractivity (Wildman–Crippen MR) is 74.1 cm³/mol. The van der Waals surface area contributed by atoms with Crippen molar-refractivity contribution in [3.8, 4) is 5.75 Å². The van der Waals surface area contributed by atoms with Crippen molar-refractivity contribution in [3.05, 3.63) is 52.6 Å². The van der Waals surface area contributed by atoms with E-state index in [0.717, 1.165) is 11.6 Å². The standard InChI is InChI=1S/C14H14ClFN2O/c1-8-5-6-17-14(15)13(8)18-9(2)11-4-3-10(16)7-12(11)19/h3-7,9,18-19H,1-2H3. The van der Waals surface area contributed by atoms with Gasteiger partial charge in [-0.2, -0.15) is 0 Å². The average molecular weight is 281 g/mol. The SMILES string of the molecule is Cc1ccnc(Cl)c1NC(C)c1ccc(F)cc1O. The van der Waals surface area contributed by atoms with Crippen molar-refractivity contribution >= 4 is 17.3 Å². The van der Waals surface area contributed by atoms with E-state index in [1.54, 1.807) is 12.3 Å². The van der Waals surface area contributed by atoms with Gasteiger partial charge in [0.05, 0.1) is 11.7 Å². The summed E-state index contributed by atoms with van der Waals surface area (Å²) < 4.78 is 13.0. The largest absolute Gasteiger partial charge is 0.507 e. The quantitative estimate of drug-likeness (QED) is 0.834. The van der Waals surface area contributed by atoms with Crippen LogP contribution in [0.15, 0.2) is 30.5 Å². The molecule has 0 bridgehead atoms. The lowest BCUT2D eigenvalue weighted by Crippen LogP contribution is -2.09. The number of aromatic hydroxyl groups is 1. The lowest BCUT2D eigenvalue weighted by molar-refractivity contribution is 0.459. The molecule has 19 heavy (non-hydrogen) atoms. The van der Waals surface area contributed by atoms with Crippen molar-refractivity contribution in [3.63, 3.8) is 0 Å². The average Bonchev–Trinajstić information content (AvgIpc) is 2.33. The zero-order valence-electron chi connectivity index (χ0n) is 10.6. The Kier molecular flexibility index (Phi) is 3.90. The maximum Gasteiger partial charge on any atom is 0.152 e. The summed E-state index contributed by atoms with van der Waals surface area (Å²) in [6.07, 6.45) is 1.63. The van der Waals surface area contributed by atoms with Crippen LogP contribution in [-0.4, -0.2) is 10.1 Å². The second-order valence-corrected chi connectivity index (χ2v) is 4.72. The van der Waals surface area contributed by atoms with Gasteiger partial charge in [0.15, 0.2) is 5.15 Å². The Morgan fingerprint density at radius 1 is 1.37 bits per heavy atom. The fraction of sp³-hybridized carbons (Fsp3) is 0.214. The Balaban J connectivity index is 2.28. The molecular weight excluding hydrogens is 267 g/mol. The third-order valence-electron chi connectivity index (χ3n) is 2.93. The van der Waals surface area contributed by atoms with Crippen molar-refractivity contribution in [2.75, 3.05) is 5.32 Å². The lowest BCUT2D eigenvalue weighted by Gasteiger charge is -2.19. The number of aryl methyl sites for hydroxylation is 1. The fourth-order valence-corrected chi connectivity index (χ4v) is 2.14. The lowest BCUT2D eigenvalue weighted by atomic mass is 10.1. The molecule has 1 unspecified atom stereocenters. The molecule has 2 rings (SSSR count). The molecule has 100 valence electrons. The minimum absolute atomic E-state index is 0.0855. The van der Waals surface area contributed by atoms with Gasteiger partial charge in [0.1, 0.15) is 11.6 Å². The van der Waals surface area contributed by atoms with Gasteiger partial charge in [0, 0.05) is 17.8 Å². The number of phenols is 1. The third-order valence-corrected chi connectivity index (χ3v) is 3.22. The van der Waals surface area contributed by atoms with E-state index in [-0.39, 0.29) is 11.8 Å². The van der Waals surface area contributed by atoms with Crippen LogP contribution in [-0.2, 0) is 0 Å². The van der Waals surface area contributed by atoms with E-state index < -0.39 is 5.82 Å². The first-order valence-corrected chi connectivity index (χ1v) is 6.23. The van der Waals surface area contributed by atoms with Crippen LogP contribution in [0.4, 0.5) is 10.1 Å². The van der Waals surface area contributed by atoms with Crippen LogP contribution in [0.1, 0.15) is 24.1 Å². The number of nitrogens with zero attached hydrogens (tertiary/aromatic N) is 1. The van der Waals surface area contributed by atoms with E-state index in [2.05, 4.69) is 10.3 Å². The minimum atomic E-state index is -0.468. The van der Waals surface area contributed by atoms with E-state index in [9.17, 15) is 9.50 Å². The molecule has 0 amide bonds. The van der Waals surface area contributed by atoms with Crippen LogP contribution in [0.2, 0.25) is 5.15 Å². The van der Waals surface area contributed by atoms with Crippen LogP contribution in [0.5, 0.6) is 5.75 Å². The van der Waals surface area contributed by atoms with Gasteiger partial charge in [-0.15, -0.1) is 0 Å². The predicted octanol–water partition coefficient (Wildman–Crippen LogP) is 4.06. The number of rotatable bonds is 3. The number of halogens is 2. The van der Waals surface area contributed by atoms with Crippen LogP contribution in [0, 0.1) is 12.7 Å². The Morgan fingerprint density at radius 3 is 2.74 bits per heavy atom. The molecule has 1 aromatic carbocycles. The first-order chi connectivity index (χ1) is 8.99. The summed E-state index contributed by atoms with van der Waals surface area (Å²) in [5.74, 6) is -0.554. The van der Waals surface area contributed by atoms with Crippen molar-refractivity contribution in [2.45, 2.75) is 19.9 Å². The highest BCUT2D eigenvalue weighted by molar-refractivity contribution is 6.32. The highest BCUT2D eigenvalue weighted by Gasteiger charge is 2.14. The number of benzene rings is 1. The normalized spacial score (nSPS) is 12.2. The minimum Gasteiger partial charge on any atom is -0.507 e. The summed E-state index contributed by atoms with van der Waals surface area (Å²) in [4.78, 5) is 4.00. The highest BCUT2D eigenvalue weighted by atomic mass is 35.5. The monoisotopic (exact) mass is 280 g/mol. The molecule has 1 atom stereocenters. The zero-order chi connectivity index (χ0) is 14.0. The summed E-state index contributed by atoms with van der Waals surface area (Å²) >= 11 is 6.03. The van der Waals surface area contributed by atoms with Crippen LogP contribution in [0.3, 0.4) is 0 Å². The number of aromatic nitrogens is 1. The van der Waals surface area contributed by atoms with Crippen LogP contribution < -0.4 is 5.32 Å². The molecule has 2 N–H and O–H groups in total. The highest BCUT2D eigenvalue weighted by Crippen LogP contribution is 2.31. The van der Waals surface area contributed by atoms with Gasteiger partial charge >= 0.3 is 0 Å². The maximum absolute atomic E-state index is 13.0. The van der Waals surface area contributed by atoms with E-state index in [1.807, 2.05) is 19.9 Å². The topological polar surface area (TPSA) is 45.2 Å².